The van der Waals surface area contributed by atoms with Crippen molar-refractivity contribution >= 4 is 50.3 Å². The van der Waals surface area contributed by atoms with Crippen LogP contribution in [0.1, 0.15) is 82.3 Å². The van der Waals surface area contributed by atoms with Gasteiger partial charge in [0.1, 0.15) is 5.56 Å². The zero-order valence-electron chi connectivity index (χ0n) is 31.9. The molecule has 54 heavy (non-hydrogen) atoms. The smallest absolute Gasteiger partial charge is 0.333 e. The number of allylic oxidation sites excluding steroid dienone is 3. The first-order valence-corrected chi connectivity index (χ1v) is 21.1. The molecule has 1 unspecified atom stereocenters. The summed E-state index contributed by atoms with van der Waals surface area (Å²) in [7, 11) is -2.72. The summed E-state index contributed by atoms with van der Waals surface area (Å²) in [5, 5.41) is 21.0. The van der Waals surface area contributed by atoms with Gasteiger partial charge in [-0.25, -0.2) is 4.79 Å². The second-order valence-corrected chi connectivity index (χ2v) is 16.7. The van der Waals surface area contributed by atoms with Crippen LogP contribution in [0.15, 0.2) is 58.3 Å². The highest BCUT2D eigenvalue weighted by molar-refractivity contribution is 14.1. The monoisotopic (exact) mass is 873 g/mol. The molecule has 15 heteroatoms. The maximum Gasteiger partial charge on any atom is 0.333 e. The van der Waals surface area contributed by atoms with E-state index in [-0.39, 0.29) is 48.0 Å². The number of nitriles is 1. The Morgan fingerprint density at radius 3 is 2.48 bits per heavy atom. The summed E-state index contributed by atoms with van der Waals surface area (Å²) < 4.78 is 36.1. The number of halogens is 1. The molecule has 2 aromatic heterocycles. The number of aromatic hydroxyl groups is 1. The number of nitrogens with zero attached hydrogens (tertiary/aromatic N) is 6. The second kappa shape index (κ2) is 17.6. The van der Waals surface area contributed by atoms with Crippen molar-refractivity contribution < 1.29 is 27.4 Å². The fourth-order valence-corrected chi connectivity index (χ4v) is 8.13. The third-order valence-corrected chi connectivity index (χ3v) is 11.6. The van der Waals surface area contributed by atoms with Crippen molar-refractivity contribution in [3.8, 4) is 17.6 Å². The first-order valence-electron chi connectivity index (χ1n) is 17.9. The third kappa shape index (κ3) is 9.39. The van der Waals surface area contributed by atoms with E-state index in [1.165, 1.54) is 19.2 Å². The van der Waals surface area contributed by atoms with Crippen LogP contribution in [0, 0.1) is 11.3 Å². The summed E-state index contributed by atoms with van der Waals surface area (Å²) in [5.74, 6) is -1.02. The summed E-state index contributed by atoms with van der Waals surface area (Å²) in [6.45, 7) is 14.0. The van der Waals surface area contributed by atoms with E-state index in [0.29, 0.717) is 23.6 Å². The Morgan fingerprint density at radius 2 is 1.87 bits per heavy atom. The second-order valence-electron chi connectivity index (χ2n) is 14.4. The average molecular weight is 874 g/mol. The lowest BCUT2D eigenvalue weighted by Gasteiger charge is -2.31. The zero-order valence-corrected chi connectivity index (χ0v) is 34.9. The van der Waals surface area contributed by atoms with Gasteiger partial charge in [0, 0.05) is 68.1 Å². The van der Waals surface area contributed by atoms with Gasteiger partial charge in [0.2, 0.25) is 17.5 Å². The van der Waals surface area contributed by atoms with Crippen molar-refractivity contribution in [1.82, 2.24) is 18.9 Å². The van der Waals surface area contributed by atoms with E-state index in [2.05, 4.69) is 57.1 Å². The zero-order chi connectivity index (χ0) is 40.1. The Labute approximate surface area is 330 Å². The van der Waals surface area contributed by atoms with Gasteiger partial charge < -0.3 is 10.0 Å². The first-order chi connectivity index (χ1) is 25.4. The fraction of sp³-hybridized carbons (Fsp3) is 0.462. The van der Waals surface area contributed by atoms with E-state index in [1.807, 2.05) is 59.1 Å². The van der Waals surface area contributed by atoms with E-state index < -0.39 is 38.4 Å². The molecule has 1 amide bonds. The van der Waals surface area contributed by atoms with Gasteiger partial charge in [-0.15, -0.1) is 0 Å². The number of rotatable bonds is 16. The first kappa shape index (κ1) is 42.6. The normalized spacial score (nSPS) is 14.4. The molecule has 0 saturated carbocycles. The molecule has 2 N–H and O–H groups in total. The van der Waals surface area contributed by atoms with Gasteiger partial charge in [-0.05, 0) is 77.8 Å². The molecule has 1 aliphatic rings. The Balaban J connectivity index is 1.60. The molecule has 13 nitrogen and oxygen atoms in total. The van der Waals surface area contributed by atoms with Crippen LogP contribution >= 0.6 is 22.6 Å². The predicted octanol–water partition coefficient (Wildman–Crippen LogP) is 4.34. The number of aromatic nitrogens is 3. The highest BCUT2D eigenvalue weighted by Crippen LogP contribution is 2.39. The van der Waals surface area contributed by atoms with E-state index in [4.69, 9.17) is 4.55 Å². The number of pyridine rings is 1. The standard InChI is InChI=1S/C39H49IN6O7S/c1-8-44(26(2)3)27(4)15-18-46-37(49)31(36(48)42(7)38(46)50)12-9-11-30(24-41)29-16-19-45-33-14-13-28(21-32(33)39(5,6)34(45)22-29)25-43(35(47)23-40)17-10-20-54(51,52)53/h9,11-14,16,19,21-22,26-27H,8,10,15,17-18,20,23,25H2,1-7H3,(H,51,52,53)/p+1. The van der Waals surface area contributed by atoms with Crippen LogP contribution in [0.25, 0.3) is 17.3 Å². The maximum absolute atomic E-state index is 13.5. The molecular formula is C39H50IN6O7S+. The number of amides is 1. The highest BCUT2D eigenvalue weighted by Gasteiger charge is 2.44. The van der Waals surface area contributed by atoms with Crippen molar-refractivity contribution in [2.75, 3.05) is 23.3 Å². The number of benzene rings is 1. The van der Waals surface area contributed by atoms with Crippen molar-refractivity contribution in [1.29, 1.82) is 5.26 Å². The van der Waals surface area contributed by atoms with Gasteiger partial charge in [0.25, 0.3) is 15.7 Å². The van der Waals surface area contributed by atoms with Crippen LogP contribution in [-0.2, 0) is 40.5 Å². The molecule has 290 valence electrons. The molecule has 3 aromatic rings. The van der Waals surface area contributed by atoms with Crippen LogP contribution in [0.3, 0.4) is 0 Å². The quantitative estimate of drug-likeness (QED) is 0.0531. The van der Waals surface area contributed by atoms with Crippen molar-refractivity contribution in [3.63, 3.8) is 0 Å². The molecule has 0 radical (unpaired) electrons. The maximum atomic E-state index is 13.5. The van der Waals surface area contributed by atoms with Gasteiger partial charge in [-0.1, -0.05) is 41.7 Å². The van der Waals surface area contributed by atoms with Crippen molar-refractivity contribution in [2.24, 2.45) is 7.05 Å². The molecule has 0 saturated heterocycles. The number of hydrogen-bond donors (Lipinski definition) is 2. The van der Waals surface area contributed by atoms with Crippen molar-refractivity contribution in [2.45, 2.75) is 85.0 Å². The van der Waals surface area contributed by atoms with Crippen LogP contribution < -0.4 is 15.8 Å². The molecule has 0 aliphatic carbocycles. The van der Waals surface area contributed by atoms with Crippen molar-refractivity contribution in [3.05, 3.63) is 97.5 Å². The lowest BCUT2D eigenvalue weighted by Crippen LogP contribution is -2.43. The van der Waals surface area contributed by atoms with Crippen LogP contribution in [0.2, 0.25) is 0 Å². The number of hydrogen-bond acceptors (Lipinski definition) is 8. The van der Waals surface area contributed by atoms with Gasteiger partial charge in [0.05, 0.1) is 27.2 Å². The lowest BCUT2D eigenvalue weighted by atomic mass is 9.82. The van der Waals surface area contributed by atoms with E-state index >= 15 is 0 Å². The van der Waals surface area contributed by atoms with Crippen LogP contribution in [0.4, 0.5) is 0 Å². The Hall–Kier alpha value is -4.11. The number of carbonyl (C=O) groups is 1. The molecule has 4 rings (SSSR count). The van der Waals surface area contributed by atoms with E-state index in [1.54, 1.807) is 11.0 Å². The minimum atomic E-state index is -4.13. The predicted molar refractivity (Wildman–Crippen MR) is 217 cm³/mol. The molecular weight excluding hydrogens is 823 g/mol. The Morgan fingerprint density at radius 1 is 1.17 bits per heavy atom. The summed E-state index contributed by atoms with van der Waals surface area (Å²) >= 11 is 1.98. The van der Waals surface area contributed by atoms with E-state index in [9.17, 15) is 33.2 Å². The summed E-state index contributed by atoms with van der Waals surface area (Å²) in [5.41, 5.74) is 2.99. The SMILES string of the molecule is CCN(C(C)C)C(C)CCn1c(=O)c(/C=C/C=C(\C#N)c2cc[n+]3c(c2)C(C)(C)c2cc(CN(CCCS(=O)(=O)O)C(=O)CI)ccc2-3)c(O)n(C)c1=O. The lowest BCUT2D eigenvalue weighted by molar-refractivity contribution is -0.599. The number of alkyl halides is 1. The van der Waals surface area contributed by atoms with Gasteiger partial charge in [-0.3, -0.25) is 28.2 Å². The summed E-state index contributed by atoms with van der Waals surface area (Å²) in [6, 6.07) is 12.4. The molecule has 0 fully saturated rings. The van der Waals surface area contributed by atoms with Crippen LogP contribution in [0.5, 0.6) is 5.88 Å². The number of fused-ring (bicyclic) bond motifs is 3. The van der Waals surface area contributed by atoms with Gasteiger partial charge in [0.15, 0.2) is 11.9 Å². The molecule has 0 bridgehead atoms. The van der Waals surface area contributed by atoms with Crippen LogP contribution in [-0.4, -0.2) is 78.3 Å². The summed E-state index contributed by atoms with van der Waals surface area (Å²) in [6.07, 6.45) is 7.09. The fourth-order valence-electron chi connectivity index (χ4n) is 7.15. The highest BCUT2D eigenvalue weighted by atomic mass is 127. The molecule has 3 heterocycles. The Kier molecular flexibility index (Phi) is 13.9. The minimum absolute atomic E-state index is 0.0522. The molecule has 1 aliphatic heterocycles. The topological polar surface area (TPSA) is 170 Å². The average Bonchev–Trinajstić information content (AvgIpc) is 3.34. The minimum Gasteiger partial charge on any atom is -0.494 e. The van der Waals surface area contributed by atoms with Gasteiger partial charge in [-0.2, -0.15) is 18.2 Å². The largest absolute Gasteiger partial charge is 0.494 e. The number of carbonyl (C=O) groups excluding carboxylic acids is 1. The van der Waals surface area contributed by atoms with E-state index in [0.717, 1.165) is 38.2 Å². The third-order valence-electron chi connectivity index (χ3n) is 10.1. The molecule has 1 atom stereocenters. The Bertz CT molecular complexity index is 2230. The van der Waals surface area contributed by atoms with Gasteiger partial charge >= 0.3 is 5.69 Å². The molecule has 0 spiro atoms. The molecule has 1 aromatic carbocycles. The summed E-state index contributed by atoms with van der Waals surface area (Å²) in [4.78, 5) is 43.0.